The molecule has 3 rings (SSSR count). The van der Waals surface area contributed by atoms with Crippen LogP contribution in [-0.2, 0) is 4.74 Å². The van der Waals surface area contributed by atoms with Crippen LogP contribution in [0.3, 0.4) is 0 Å². The first-order valence-corrected chi connectivity index (χ1v) is 7.46. The summed E-state index contributed by atoms with van der Waals surface area (Å²) in [6.07, 6.45) is 7.45. The molecular formula is C15H27NO. The van der Waals surface area contributed by atoms with E-state index in [1.54, 1.807) is 0 Å². The molecule has 4 atom stereocenters. The van der Waals surface area contributed by atoms with Crippen molar-refractivity contribution in [1.29, 1.82) is 0 Å². The van der Waals surface area contributed by atoms with E-state index in [4.69, 9.17) is 4.74 Å². The van der Waals surface area contributed by atoms with Gasteiger partial charge in [0.2, 0.25) is 0 Å². The van der Waals surface area contributed by atoms with Crippen LogP contribution in [0.2, 0.25) is 0 Å². The van der Waals surface area contributed by atoms with Crippen LogP contribution in [0.4, 0.5) is 0 Å². The van der Waals surface area contributed by atoms with E-state index in [0.29, 0.717) is 23.6 Å². The second-order valence-electron chi connectivity index (χ2n) is 7.14. The lowest BCUT2D eigenvalue weighted by molar-refractivity contribution is -0.194. The van der Waals surface area contributed by atoms with E-state index in [1.165, 1.54) is 32.1 Å². The zero-order valence-electron chi connectivity index (χ0n) is 11.5. The highest BCUT2D eigenvalue weighted by molar-refractivity contribution is 5.10. The van der Waals surface area contributed by atoms with Crippen molar-refractivity contribution in [2.45, 2.75) is 71.1 Å². The summed E-state index contributed by atoms with van der Waals surface area (Å²) in [5.41, 5.74) is 0.336. The number of hydrogen-bond donors (Lipinski definition) is 1. The van der Waals surface area contributed by atoms with Crippen LogP contribution in [0.5, 0.6) is 0 Å². The summed E-state index contributed by atoms with van der Waals surface area (Å²) in [4.78, 5) is 0. The van der Waals surface area contributed by atoms with Gasteiger partial charge in [-0.3, -0.25) is 0 Å². The van der Waals surface area contributed by atoms with Crippen molar-refractivity contribution in [2.24, 2.45) is 17.3 Å². The maximum absolute atomic E-state index is 5.96. The zero-order valence-corrected chi connectivity index (χ0v) is 11.5. The minimum Gasteiger partial charge on any atom is -0.377 e. The minimum atomic E-state index is 0.336. The Morgan fingerprint density at radius 3 is 2.76 bits per heavy atom. The van der Waals surface area contributed by atoms with Gasteiger partial charge in [0.15, 0.2) is 0 Å². The van der Waals surface area contributed by atoms with Gasteiger partial charge in [-0.05, 0) is 32.1 Å². The predicted octanol–water partition coefficient (Wildman–Crippen LogP) is 2.97. The molecule has 0 bridgehead atoms. The van der Waals surface area contributed by atoms with E-state index in [-0.39, 0.29) is 0 Å². The lowest BCUT2D eigenvalue weighted by atomic mass is 9.55. The fourth-order valence-corrected chi connectivity index (χ4v) is 4.09. The monoisotopic (exact) mass is 237 g/mol. The van der Waals surface area contributed by atoms with Gasteiger partial charge in [-0.25, -0.2) is 0 Å². The Morgan fingerprint density at radius 2 is 2.06 bits per heavy atom. The Hall–Kier alpha value is -0.0800. The fourth-order valence-electron chi connectivity index (χ4n) is 4.09. The van der Waals surface area contributed by atoms with Gasteiger partial charge < -0.3 is 10.1 Å². The molecule has 4 unspecified atom stereocenters. The number of rotatable bonds is 4. The van der Waals surface area contributed by atoms with Crippen LogP contribution < -0.4 is 5.32 Å². The minimum absolute atomic E-state index is 0.336. The largest absolute Gasteiger partial charge is 0.377 e. The molecule has 17 heavy (non-hydrogen) atoms. The van der Waals surface area contributed by atoms with Gasteiger partial charge in [0.1, 0.15) is 0 Å². The maximum atomic E-state index is 5.96. The molecule has 1 aliphatic heterocycles. The van der Waals surface area contributed by atoms with E-state index in [1.807, 2.05) is 0 Å². The molecule has 0 radical (unpaired) electrons. The molecule has 2 saturated carbocycles. The van der Waals surface area contributed by atoms with Crippen LogP contribution in [0.25, 0.3) is 0 Å². The SMILES string of the molecule is CC(CC1CC1)NC1C2CCCOC2C1(C)C. The highest BCUT2D eigenvalue weighted by Crippen LogP contribution is 2.51. The first-order valence-electron chi connectivity index (χ1n) is 7.46. The second kappa shape index (κ2) is 4.24. The second-order valence-corrected chi connectivity index (χ2v) is 7.14. The summed E-state index contributed by atoms with van der Waals surface area (Å²) in [5.74, 6) is 1.81. The Bertz CT molecular complexity index is 285. The van der Waals surface area contributed by atoms with Crippen LogP contribution >= 0.6 is 0 Å². The number of nitrogens with one attached hydrogen (secondary N) is 1. The van der Waals surface area contributed by atoms with Gasteiger partial charge in [0.25, 0.3) is 0 Å². The Morgan fingerprint density at radius 1 is 1.29 bits per heavy atom. The van der Waals surface area contributed by atoms with Crippen molar-refractivity contribution < 1.29 is 4.74 Å². The Labute approximate surface area is 105 Å². The molecule has 1 heterocycles. The topological polar surface area (TPSA) is 21.3 Å². The normalized spacial score (nSPS) is 41.5. The smallest absolute Gasteiger partial charge is 0.0684 e. The van der Waals surface area contributed by atoms with Gasteiger partial charge in [-0.15, -0.1) is 0 Å². The van der Waals surface area contributed by atoms with Crippen LogP contribution in [0.15, 0.2) is 0 Å². The van der Waals surface area contributed by atoms with Crippen LogP contribution in [-0.4, -0.2) is 24.8 Å². The lowest BCUT2D eigenvalue weighted by Crippen LogP contribution is -2.70. The van der Waals surface area contributed by atoms with E-state index in [9.17, 15) is 0 Å². The quantitative estimate of drug-likeness (QED) is 0.811. The predicted molar refractivity (Wildman–Crippen MR) is 70.0 cm³/mol. The molecule has 0 amide bonds. The first-order chi connectivity index (χ1) is 8.09. The highest BCUT2D eigenvalue weighted by atomic mass is 16.5. The van der Waals surface area contributed by atoms with Crippen molar-refractivity contribution in [2.75, 3.05) is 6.61 Å². The summed E-state index contributed by atoms with van der Waals surface area (Å²) in [5, 5.41) is 3.90. The van der Waals surface area contributed by atoms with Gasteiger partial charge in [0, 0.05) is 30.0 Å². The van der Waals surface area contributed by atoms with Crippen LogP contribution in [0.1, 0.15) is 52.9 Å². The third-order valence-electron chi connectivity index (χ3n) is 5.18. The molecule has 0 aromatic carbocycles. The summed E-state index contributed by atoms with van der Waals surface area (Å²) < 4.78 is 5.96. The zero-order chi connectivity index (χ0) is 12.0. The Kier molecular flexibility index (Phi) is 2.99. The van der Waals surface area contributed by atoms with E-state index in [0.717, 1.165) is 18.4 Å². The fraction of sp³-hybridized carbons (Fsp3) is 1.00. The van der Waals surface area contributed by atoms with Crippen molar-refractivity contribution in [3.05, 3.63) is 0 Å². The molecular weight excluding hydrogens is 210 g/mol. The van der Waals surface area contributed by atoms with Crippen molar-refractivity contribution in [3.63, 3.8) is 0 Å². The molecule has 0 aromatic heterocycles. The molecule has 0 aromatic rings. The molecule has 3 fully saturated rings. The molecule has 98 valence electrons. The van der Waals surface area contributed by atoms with Crippen molar-refractivity contribution in [3.8, 4) is 0 Å². The van der Waals surface area contributed by atoms with Crippen molar-refractivity contribution >= 4 is 0 Å². The van der Waals surface area contributed by atoms with Crippen LogP contribution in [0, 0.1) is 17.3 Å². The molecule has 2 aliphatic carbocycles. The average molecular weight is 237 g/mol. The number of fused-ring (bicyclic) bond motifs is 1. The highest BCUT2D eigenvalue weighted by Gasteiger charge is 2.57. The van der Waals surface area contributed by atoms with E-state index >= 15 is 0 Å². The number of hydrogen-bond acceptors (Lipinski definition) is 2. The lowest BCUT2D eigenvalue weighted by Gasteiger charge is -2.60. The third kappa shape index (κ3) is 2.15. The van der Waals surface area contributed by atoms with Crippen molar-refractivity contribution in [1.82, 2.24) is 5.32 Å². The van der Waals surface area contributed by atoms with E-state index < -0.39 is 0 Å². The summed E-state index contributed by atoms with van der Waals surface area (Å²) >= 11 is 0. The summed E-state index contributed by atoms with van der Waals surface area (Å²) in [7, 11) is 0. The third-order valence-corrected chi connectivity index (χ3v) is 5.18. The van der Waals surface area contributed by atoms with Gasteiger partial charge in [0.05, 0.1) is 6.10 Å². The Balaban J connectivity index is 1.57. The number of ether oxygens (including phenoxy) is 1. The molecule has 2 nitrogen and oxygen atoms in total. The molecule has 1 saturated heterocycles. The molecule has 3 aliphatic rings. The molecule has 2 heteroatoms. The summed E-state index contributed by atoms with van der Waals surface area (Å²) in [6, 6.07) is 1.37. The van der Waals surface area contributed by atoms with E-state index in [2.05, 4.69) is 26.1 Å². The molecule has 1 N–H and O–H groups in total. The molecule has 0 spiro atoms. The maximum Gasteiger partial charge on any atom is 0.0684 e. The van der Waals surface area contributed by atoms with Gasteiger partial charge >= 0.3 is 0 Å². The first kappa shape index (κ1) is 12.0. The standard InChI is InChI=1S/C15H27NO/c1-10(9-11-6-7-11)16-13-12-5-4-8-17-14(12)15(13,2)3/h10-14,16H,4-9H2,1-3H3. The average Bonchev–Trinajstić information content (AvgIpc) is 3.10. The van der Waals surface area contributed by atoms with Gasteiger partial charge in [-0.1, -0.05) is 26.7 Å². The summed E-state index contributed by atoms with van der Waals surface area (Å²) in [6.45, 7) is 8.10. The van der Waals surface area contributed by atoms with Gasteiger partial charge in [-0.2, -0.15) is 0 Å².